The van der Waals surface area contributed by atoms with Gasteiger partial charge < -0.3 is 4.74 Å². The highest BCUT2D eigenvalue weighted by molar-refractivity contribution is 7.80. The Hall–Kier alpha value is -0.960. The third kappa shape index (κ3) is 2.17. The minimum absolute atomic E-state index is 0.243. The van der Waals surface area contributed by atoms with Gasteiger partial charge in [-0.2, -0.15) is 12.6 Å². The SMILES string of the molecule is O=C1CCCc2c(OCCS)cccc21. The molecule has 0 saturated carbocycles. The Kier molecular flexibility index (Phi) is 3.31. The molecule has 3 heteroatoms. The molecule has 0 saturated heterocycles. The van der Waals surface area contributed by atoms with Crippen LogP contribution in [0.5, 0.6) is 5.75 Å². The van der Waals surface area contributed by atoms with Crippen LogP contribution in [0.1, 0.15) is 28.8 Å². The first-order chi connectivity index (χ1) is 7.33. The van der Waals surface area contributed by atoms with E-state index in [0.29, 0.717) is 18.8 Å². The Bertz CT molecular complexity index is 374. The molecular weight excluding hydrogens is 208 g/mol. The summed E-state index contributed by atoms with van der Waals surface area (Å²) in [4.78, 5) is 11.6. The Morgan fingerprint density at radius 2 is 2.20 bits per heavy atom. The highest BCUT2D eigenvalue weighted by atomic mass is 32.1. The molecule has 0 aromatic heterocycles. The molecular formula is C12H14O2S. The van der Waals surface area contributed by atoms with Crippen molar-refractivity contribution in [1.29, 1.82) is 0 Å². The van der Waals surface area contributed by atoms with Crippen LogP contribution < -0.4 is 4.74 Å². The van der Waals surface area contributed by atoms with Gasteiger partial charge in [-0.25, -0.2) is 0 Å². The maximum atomic E-state index is 11.6. The van der Waals surface area contributed by atoms with Gasteiger partial charge in [0.05, 0.1) is 6.61 Å². The molecule has 0 atom stereocenters. The van der Waals surface area contributed by atoms with Crippen LogP contribution in [0.25, 0.3) is 0 Å². The molecule has 2 nitrogen and oxygen atoms in total. The summed E-state index contributed by atoms with van der Waals surface area (Å²) in [5.41, 5.74) is 1.92. The van der Waals surface area contributed by atoms with E-state index in [1.807, 2.05) is 18.2 Å². The lowest BCUT2D eigenvalue weighted by atomic mass is 9.90. The van der Waals surface area contributed by atoms with Gasteiger partial charge in [0.25, 0.3) is 0 Å². The third-order valence-corrected chi connectivity index (χ3v) is 2.80. The number of thiol groups is 1. The first-order valence-corrected chi connectivity index (χ1v) is 5.85. The first kappa shape index (κ1) is 10.6. The zero-order chi connectivity index (χ0) is 10.7. The van der Waals surface area contributed by atoms with Gasteiger partial charge in [0, 0.05) is 23.3 Å². The lowest BCUT2D eigenvalue weighted by Crippen LogP contribution is -2.12. The van der Waals surface area contributed by atoms with Gasteiger partial charge in [0.2, 0.25) is 0 Å². The van der Waals surface area contributed by atoms with Gasteiger partial charge in [-0.3, -0.25) is 4.79 Å². The number of ketones is 1. The van der Waals surface area contributed by atoms with E-state index in [-0.39, 0.29) is 5.78 Å². The molecule has 1 aliphatic carbocycles. The number of rotatable bonds is 3. The fourth-order valence-corrected chi connectivity index (χ4v) is 2.03. The molecule has 0 N–H and O–H groups in total. The van der Waals surface area contributed by atoms with Crippen LogP contribution in [0, 0.1) is 0 Å². The van der Waals surface area contributed by atoms with Crippen LogP contribution in [0.3, 0.4) is 0 Å². The second-order valence-corrected chi connectivity index (χ2v) is 4.08. The summed E-state index contributed by atoms with van der Waals surface area (Å²) in [6, 6.07) is 5.71. The zero-order valence-corrected chi connectivity index (χ0v) is 9.43. The summed E-state index contributed by atoms with van der Waals surface area (Å²) in [5, 5.41) is 0. The van der Waals surface area contributed by atoms with E-state index in [2.05, 4.69) is 12.6 Å². The lowest BCUT2D eigenvalue weighted by Gasteiger charge is -2.18. The molecule has 0 heterocycles. The summed E-state index contributed by atoms with van der Waals surface area (Å²) < 4.78 is 5.57. The molecule has 2 rings (SSSR count). The second-order valence-electron chi connectivity index (χ2n) is 3.63. The summed E-state index contributed by atoms with van der Waals surface area (Å²) in [6.45, 7) is 0.591. The third-order valence-electron chi connectivity index (χ3n) is 2.61. The number of hydrogen-bond acceptors (Lipinski definition) is 3. The highest BCUT2D eigenvalue weighted by Gasteiger charge is 2.19. The molecule has 0 unspecified atom stereocenters. The molecule has 1 aliphatic rings. The largest absolute Gasteiger partial charge is 0.492 e. The molecule has 0 fully saturated rings. The molecule has 15 heavy (non-hydrogen) atoms. The molecule has 0 aliphatic heterocycles. The summed E-state index contributed by atoms with van der Waals surface area (Å²) in [6.07, 6.45) is 2.56. The number of hydrogen-bond donors (Lipinski definition) is 1. The predicted molar refractivity (Wildman–Crippen MR) is 63.1 cm³/mol. The number of benzene rings is 1. The smallest absolute Gasteiger partial charge is 0.163 e. The maximum Gasteiger partial charge on any atom is 0.163 e. The number of carbonyl (C=O) groups is 1. The van der Waals surface area contributed by atoms with Crippen LogP contribution in [0.2, 0.25) is 0 Å². The van der Waals surface area contributed by atoms with E-state index in [0.717, 1.165) is 29.7 Å². The number of fused-ring (bicyclic) bond motifs is 1. The van der Waals surface area contributed by atoms with Crippen LogP contribution >= 0.6 is 12.6 Å². The van der Waals surface area contributed by atoms with E-state index >= 15 is 0 Å². The monoisotopic (exact) mass is 222 g/mol. The molecule has 0 spiro atoms. The topological polar surface area (TPSA) is 26.3 Å². The number of Topliss-reactive ketones (excluding diaryl/α,β-unsaturated/α-hetero) is 1. The molecule has 1 aromatic carbocycles. The Morgan fingerprint density at radius 1 is 1.33 bits per heavy atom. The van der Waals surface area contributed by atoms with Gasteiger partial charge in [0.15, 0.2) is 5.78 Å². The van der Waals surface area contributed by atoms with Crippen molar-refractivity contribution < 1.29 is 9.53 Å². The van der Waals surface area contributed by atoms with Gasteiger partial charge in [0.1, 0.15) is 5.75 Å². The van der Waals surface area contributed by atoms with E-state index in [9.17, 15) is 4.79 Å². The molecule has 1 aromatic rings. The zero-order valence-electron chi connectivity index (χ0n) is 8.53. The average Bonchev–Trinajstić information content (AvgIpc) is 2.27. The van der Waals surface area contributed by atoms with Gasteiger partial charge >= 0.3 is 0 Å². The van der Waals surface area contributed by atoms with Gasteiger partial charge in [-0.15, -0.1) is 0 Å². The molecule has 0 radical (unpaired) electrons. The van der Waals surface area contributed by atoms with Crippen molar-refractivity contribution in [3.8, 4) is 5.75 Å². The van der Waals surface area contributed by atoms with Crippen LogP contribution in [-0.2, 0) is 6.42 Å². The summed E-state index contributed by atoms with van der Waals surface area (Å²) in [5.74, 6) is 1.79. The lowest BCUT2D eigenvalue weighted by molar-refractivity contribution is 0.0971. The maximum absolute atomic E-state index is 11.6. The Morgan fingerprint density at radius 3 is 3.00 bits per heavy atom. The summed E-state index contributed by atoms with van der Waals surface area (Å²) in [7, 11) is 0. The molecule has 80 valence electrons. The summed E-state index contributed by atoms with van der Waals surface area (Å²) >= 11 is 4.10. The highest BCUT2D eigenvalue weighted by Crippen LogP contribution is 2.29. The van der Waals surface area contributed by atoms with Gasteiger partial charge in [-0.05, 0) is 18.9 Å². The Balaban J connectivity index is 2.31. The van der Waals surface area contributed by atoms with E-state index in [1.54, 1.807) is 0 Å². The van der Waals surface area contributed by atoms with E-state index in [4.69, 9.17) is 4.74 Å². The average molecular weight is 222 g/mol. The normalized spacial score (nSPS) is 14.9. The van der Waals surface area contributed by atoms with Crippen LogP contribution in [-0.4, -0.2) is 18.1 Å². The number of carbonyl (C=O) groups excluding carboxylic acids is 1. The fourth-order valence-electron chi connectivity index (χ4n) is 1.94. The standard InChI is InChI=1S/C12H14O2S/c13-11-5-1-4-10-9(11)3-2-6-12(10)14-7-8-15/h2-3,6,15H,1,4-5,7-8H2. The second kappa shape index (κ2) is 4.71. The Labute approximate surface area is 95.0 Å². The fraction of sp³-hybridized carbons (Fsp3) is 0.417. The van der Waals surface area contributed by atoms with E-state index in [1.165, 1.54) is 0 Å². The predicted octanol–water partition coefficient (Wildman–Crippen LogP) is 2.51. The quantitative estimate of drug-likeness (QED) is 0.795. The van der Waals surface area contributed by atoms with Crippen molar-refractivity contribution in [1.82, 2.24) is 0 Å². The van der Waals surface area contributed by atoms with Crippen LogP contribution in [0.15, 0.2) is 18.2 Å². The van der Waals surface area contributed by atoms with Gasteiger partial charge in [-0.1, -0.05) is 12.1 Å². The minimum Gasteiger partial charge on any atom is -0.492 e. The van der Waals surface area contributed by atoms with Crippen LogP contribution in [0.4, 0.5) is 0 Å². The van der Waals surface area contributed by atoms with Crippen molar-refractivity contribution in [2.75, 3.05) is 12.4 Å². The minimum atomic E-state index is 0.243. The molecule has 0 amide bonds. The van der Waals surface area contributed by atoms with Crippen molar-refractivity contribution in [3.63, 3.8) is 0 Å². The van der Waals surface area contributed by atoms with Crippen molar-refractivity contribution in [3.05, 3.63) is 29.3 Å². The number of ether oxygens (including phenoxy) is 1. The van der Waals surface area contributed by atoms with Crippen molar-refractivity contribution in [2.24, 2.45) is 0 Å². The van der Waals surface area contributed by atoms with Crippen molar-refractivity contribution >= 4 is 18.4 Å². The van der Waals surface area contributed by atoms with E-state index < -0.39 is 0 Å². The first-order valence-electron chi connectivity index (χ1n) is 5.21. The van der Waals surface area contributed by atoms with Crippen molar-refractivity contribution in [2.45, 2.75) is 19.3 Å². The molecule has 0 bridgehead atoms.